The van der Waals surface area contributed by atoms with Crippen LogP contribution in [0, 0.1) is 5.92 Å². The number of imidazole rings is 1. The first-order chi connectivity index (χ1) is 20.7. The molecular formula is C32H36ClN3O7. The van der Waals surface area contributed by atoms with Gasteiger partial charge in [-0.1, -0.05) is 49.7 Å². The number of ether oxygens (including phenoxy) is 4. The average molecular weight is 610 g/mol. The average Bonchev–Trinajstić information content (AvgIpc) is 3.34. The fraction of sp³-hybridized carbons (Fsp3) is 0.344. The summed E-state index contributed by atoms with van der Waals surface area (Å²) in [5.74, 6) is 1.39. The van der Waals surface area contributed by atoms with Crippen molar-refractivity contribution in [2.45, 2.75) is 39.8 Å². The van der Waals surface area contributed by atoms with E-state index >= 15 is 0 Å². The van der Waals surface area contributed by atoms with Gasteiger partial charge in [-0.3, -0.25) is 4.79 Å². The molecule has 10 nitrogen and oxygen atoms in total. The van der Waals surface area contributed by atoms with Crippen LogP contribution in [0.5, 0.6) is 23.0 Å². The Bertz CT molecular complexity index is 1600. The molecule has 0 aliphatic rings. The summed E-state index contributed by atoms with van der Waals surface area (Å²) in [6, 6.07) is 16.4. The van der Waals surface area contributed by atoms with Crippen LogP contribution in [0.1, 0.15) is 38.1 Å². The standard InChI is InChI=1S/C32H36ClN3O7/c1-20(2)13-16-28(37)36(22-14-15-26(41-4)32(42-5)30(22)33)18-27-34-31-23(10-8-12-25(31)43-19-29(38)39)35(27)17-21-9-6-7-11-24(21)40-3/h6-12,14-15,20H,13,16-19H2,1-5H3,(H,38,39). The van der Waals surface area contributed by atoms with Gasteiger partial charge in [-0.05, 0) is 42.7 Å². The van der Waals surface area contributed by atoms with E-state index in [1.165, 1.54) is 14.2 Å². The molecule has 1 aromatic heterocycles. The molecule has 0 atom stereocenters. The molecule has 0 unspecified atom stereocenters. The Kier molecular flexibility index (Phi) is 10.4. The predicted molar refractivity (Wildman–Crippen MR) is 165 cm³/mol. The van der Waals surface area contributed by atoms with E-state index in [9.17, 15) is 14.7 Å². The molecule has 1 amide bonds. The number of carboxylic acids is 1. The number of fused-ring (bicyclic) bond motifs is 1. The number of aromatic nitrogens is 2. The second-order valence-electron chi connectivity index (χ2n) is 10.3. The van der Waals surface area contributed by atoms with E-state index < -0.39 is 12.6 Å². The number of halogens is 1. The number of carboxylic acid groups (broad SMARTS) is 1. The van der Waals surface area contributed by atoms with Gasteiger partial charge in [0, 0.05) is 12.0 Å². The predicted octanol–water partition coefficient (Wildman–Crippen LogP) is 6.20. The van der Waals surface area contributed by atoms with Crippen LogP contribution in [0.4, 0.5) is 5.69 Å². The number of rotatable bonds is 14. The van der Waals surface area contributed by atoms with E-state index in [0.29, 0.717) is 70.8 Å². The number of benzene rings is 3. The fourth-order valence-corrected chi connectivity index (χ4v) is 5.15. The molecule has 1 heterocycles. The number of amides is 1. The molecule has 3 aromatic carbocycles. The summed E-state index contributed by atoms with van der Waals surface area (Å²) in [5.41, 5.74) is 2.52. The molecular weight excluding hydrogens is 574 g/mol. The minimum absolute atomic E-state index is 0.0638. The molecule has 0 aliphatic heterocycles. The Labute approximate surface area is 255 Å². The van der Waals surface area contributed by atoms with Crippen LogP contribution in [-0.2, 0) is 22.7 Å². The van der Waals surface area contributed by atoms with Crippen LogP contribution < -0.4 is 23.8 Å². The second kappa shape index (κ2) is 14.2. The molecule has 0 spiro atoms. The molecule has 4 rings (SSSR count). The van der Waals surface area contributed by atoms with E-state index in [2.05, 4.69) is 13.8 Å². The van der Waals surface area contributed by atoms with Gasteiger partial charge in [-0.25, -0.2) is 9.78 Å². The highest BCUT2D eigenvalue weighted by Gasteiger charge is 2.26. The van der Waals surface area contributed by atoms with Gasteiger partial charge in [0.15, 0.2) is 18.1 Å². The number of methoxy groups -OCH3 is 3. The zero-order valence-corrected chi connectivity index (χ0v) is 25.7. The maximum absolute atomic E-state index is 13.8. The van der Waals surface area contributed by atoms with Gasteiger partial charge >= 0.3 is 5.97 Å². The zero-order valence-electron chi connectivity index (χ0n) is 24.9. The van der Waals surface area contributed by atoms with Crippen molar-refractivity contribution in [1.29, 1.82) is 0 Å². The third kappa shape index (κ3) is 7.14. The van der Waals surface area contributed by atoms with Crippen molar-refractivity contribution < 1.29 is 33.6 Å². The van der Waals surface area contributed by atoms with E-state index in [1.54, 1.807) is 36.3 Å². The number of hydrogen-bond donors (Lipinski definition) is 1. The Morgan fingerprint density at radius 3 is 2.35 bits per heavy atom. The lowest BCUT2D eigenvalue weighted by atomic mass is 10.1. The van der Waals surface area contributed by atoms with E-state index in [1.807, 2.05) is 34.9 Å². The topological polar surface area (TPSA) is 112 Å². The van der Waals surface area contributed by atoms with E-state index in [-0.39, 0.29) is 17.5 Å². The van der Waals surface area contributed by atoms with Gasteiger partial charge in [0.2, 0.25) is 5.91 Å². The SMILES string of the molecule is COc1ccccc1Cn1c(CN(C(=O)CCC(C)C)c2ccc(OC)c(OC)c2Cl)nc2c(OCC(=O)O)cccc21. The Morgan fingerprint density at radius 2 is 1.67 bits per heavy atom. The van der Waals surface area contributed by atoms with Crippen molar-refractivity contribution in [2.24, 2.45) is 5.92 Å². The minimum atomic E-state index is -1.10. The second-order valence-corrected chi connectivity index (χ2v) is 10.7. The smallest absolute Gasteiger partial charge is 0.341 e. The third-order valence-corrected chi connectivity index (χ3v) is 7.35. The highest BCUT2D eigenvalue weighted by Crippen LogP contribution is 2.42. The summed E-state index contributed by atoms with van der Waals surface area (Å²) >= 11 is 6.83. The van der Waals surface area contributed by atoms with Crippen molar-refractivity contribution in [3.63, 3.8) is 0 Å². The van der Waals surface area contributed by atoms with Crippen LogP contribution in [0.3, 0.4) is 0 Å². The van der Waals surface area contributed by atoms with Crippen molar-refractivity contribution >= 4 is 40.2 Å². The summed E-state index contributed by atoms with van der Waals surface area (Å²) in [5, 5.41) is 9.45. The van der Waals surface area contributed by atoms with Crippen LogP contribution in [0.2, 0.25) is 5.02 Å². The van der Waals surface area contributed by atoms with Gasteiger partial charge in [0.25, 0.3) is 0 Å². The van der Waals surface area contributed by atoms with Gasteiger partial charge in [-0.2, -0.15) is 0 Å². The van der Waals surface area contributed by atoms with Gasteiger partial charge in [0.05, 0.1) is 45.6 Å². The lowest BCUT2D eigenvalue weighted by molar-refractivity contribution is -0.139. The lowest BCUT2D eigenvalue weighted by Gasteiger charge is -2.26. The Hall–Kier alpha value is -4.44. The molecule has 43 heavy (non-hydrogen) atoms. The Morgan fingerprint density at radius 1 is 0.953 bits per heavy atom. The molecule has 11 heteroatoms. The summed E-state index contributed by atoms with van der Waals surface area (Å²) in [6.07, 6.45) is 0.979. The molecule has 0 bridgehead atoms. The summed E-state index contributed by atoms with van der Waals surface area (Å²) in [6.45, 7) is 4.04. The summed E-state index contributed by atoms with van der Waals surface area (Å²) in [7, 11) is 4.62. The first-order valence-corrected chi connectivity index (χ1v) is 14.2. The monoisotopic (exact) mass is 609 g/mol. The van der Waals surface area contributed by atoms with Gasteiger partial charge < -0.3 is 33.5 Å². The quantitative estimate of drug-likeness (QED) is 0.180. The van der Waals surface area contributed by atoms with Crippen LogP contribution >= 0.6 is 11.6 Å². The molecule has 0 fully saturated rings. The number of para-hydroxylation sites is 2. The Balaban J connectivity index is 1.88. The summed E-state index contributed by atoms with van der Waals surface area (Å²) in [4.78, 5) is 31.6. The van der Waals surface area contributed by atoms with Gasteiger partial charge in [-0.15, -0.1) is 0 Å². The number of nitrogens with zero attached hydrogens (tertiary/aromatic N) is 3. The number of carbonyl (C=O) groups is 2. The first-order valence-electron chi connectivity index (χ1n) is 13.8. The molecule has 228 valence electrons. The van der Waals surface area contributed by atoms with E-state index in [0.717, 1.165) is 5.56 Å². The normalized spacial score (nSPS) is 11.0. The van der Waals surface area contributed by atoms with Gasteiger partial charge in [0.1, 0.15) is 27.9 Å². The largest absolute Gasteiger partial charge is 0.496 e. The molecule has 4 aromatic rings. The highest BCUT2D eigenvalue weighted by molar-refractivity contribution is 6.35. The fourth-order valence-electron chi connectivity index (χ4n) is 4.81. The molecule has 1 N–H and O–H groups in total. The van der Waals surface area contributed by atoms with Crippen molar-refractivity contribution in [3.05, 3.63) is 71.0 Å². The van der Waals surface area contributed by atoms with Crippen molar-refractivity contribution in [1.82, 2.24) is 9.55 Å². The number of aliphatic carboxylic acids is 1. The maximum Gasteiger partial charge on any atom is 0.341 e. The number of hydrogen-bond acceptors (Lipinski definition) is 7. The minimum Gasteiger partial charge on any atom is -0.496 e. The van der Waals surface area contributed by atoms with Crippen LogP contribution in [0.25, 0.3) is 11.0 Å². The summed E-state index contributed by atoms with van der Waals surface area (Å²) < 4.78 is 24.1. The highest BCUT2D eigenvalue weighted by atomic mass is 35.5. The first kappa shape index (κ1) is 31.5. The van der Waals surface area contributed by atoms with Crippen LogP contribution in [0.15, 0.2) is 54.6 Å². The molecule has 0 aliphatic carbocycles. The number of carbonyl (C=O) groups excluding carboxylic acids is 1. The molecule has 0 saturated carbocycles. The zero-order chi connectivity index (χ0) is 31.1. The maximum atomic E-state index is 13.8. The lowest BCUT2D eigenvalue weighted by Crippen LogP contribution is -2.32. The van der Waals surface area contributed by atoms with E-state index in [4.69, 9.17) is 35.5 Å². The van der Waals surface area contributed by atoms with Crippen molar-refractivity contribution in [2.75, 3.05) is 32.8 Å². The van der Waals surface area contributed by atoms with Crippen molar-refractivity contribution in [3.8, 4) is 23.0 Å². The molecule has 0 saturated heterocycles. The third-order valence-electron chi connectivity index (χ3n) is 6.98. The number of anilines is 1. The molecule has 0 radical (unpaired) electrons. The van der Waals surface area contributed by atoms with Crippen LogP contribution in [-0.4, -0.2) is 54.5 Å².